The van der Waals surface area contributed by atoms with Crippen molar-refractivity contribution in [2.24, 2.45) is 5.92 Å². The van der Waals surface area contributed by atoms with E-state index in [0.717, 1.165) is 50.6 Å². The van der Waals surface area contributed by atoms with E-state index < -0.39 is 0 Å². The first kappa shape index (κ1) is 19.6. The van der Waals surface area contributed by atoms with Crippen LogP contribution in [0.4, 0.5) is 0 Å². The molecule has 7 heteroatoms. The van der Waals surface area contributed by atoms with Gasteiger partial charge in [-0.1, -0.05) is 31.8 Å². The zero-order valence-electron chi connectivity index (χ0n) is 15.0. The Morgan fingerprint density at radius 2 is 2.25 bits per heavy atom. The molecule has 1 N–H and O–H groups in total. The fourth-order valence-corrected chi connectivity index (χ4v) is 3.67. The predicted octanol–water partition coefficient (Wildman–Crippen LogP) is 3.11. The molecule has 2 fully saturated rings. The molecule has 1 saturated heterocycles. The van der Waals surface area contributed by atoms with Crippen molar-refractivity contribution in [3.05, 3.63) is 11.7 Å². The van der Waals surface area contributed by atoms with Crippen LogP contribution in [0.3, 0.4) is 0 Å². The maximum absolute atomic E-state index is 6.30. The number of rotatable bonds is 5. The van der Waals surface area contributed by atoms with Crippen LogP contribution in [0, 0.1) is 5.92 Å². The maximum atomic E-state index is 6.30. The zero-order valence-corrected chi connectivity index (χ0v) is 15.8. The monoisotopic (exact) mass is 358 g/mol. The second-order valence-corrected chi connectivity index (χ2v) is 7.12. The first-order valence-electron chi connectivity index (χ1n) is 9.07. The fraction of sp³-hybridized carbons (Fsp3) is 0.882. The number of likely N-dealkylation sites (N-methyl/N-ethyl adjacent to an activating group) is 1. The molecular weight excluding hydrogens is 328 g/mol. The molecule has 24 heavy (non-hydrogen) atoms. The van der Waals surface area contributed by atoms with Gasteiger partial charge in [-0.25, -0.2) is 0 Å². The number of nitrogens with zero attached hydrogens (tertiary/aromatic N) is 3. The Kier molecular flexibility index (Phi) is 7.47. The topological polar surface area (TPSA) is 63.4 Å². The molecule has 1 saturated carbocycles. The van der Waals surface area contributed by atoms with Gasteiger partial charge in [0.25, 0.3) is 5.89 Å². The average molecular weight is 359 g/mol. The average Bonchev–Trinajstić information content (AvgIpc) is 3.02. The Morgan fingerprint density at radius 1 is 1.42 bits per heavy atom. The molecular formula is C17H31ClN4O2. The van der Waals surface area contributed by atoms with Gasteiger partial charge >= 0.3 is 0 Å². The van der Waals surface area contributed by atoms with E-state index >= 15 is 0 Å². The standard InChI is InChI=1S/C17H30N4O2.ClH/c1-4-15(22-13-7-5-6-12(2)10-13)17-19-16(20-23-17)14-11-18-8-9-21(14)3;/h12-15,18H,4-11H2,1-3H3;1H. The summed E-state index contributed by atoms with van der Waals surface area (Å²) in [6, 6.07) is 0.188. The highest BCUT2D eigenvalue weighted by molar-refractivity contribution is 5.85. The van der Waals surface area contributed by atoms with Crippen molar-refractivity contribution < 1.29 is 9.26 Å². The lowest BCUT2D eigenvalue weighted by molar-refractivity contribution is -0.0547. The first-order chi connectivity index (χ1) is 11.2. The van der Waals surface area contributed by atoms with E-state index in [-0.39, 0.29) is 24.6 Å². The minimum Gasteiger partial charge on any atom is -0.365 e. The van der Waals surface area contributed by atoms with Crippen molar-refractivity contribution in [2.75, 3.05) is 26.7 Å². The van der Waals surface area contributed by atoms with Gasteiger partial charge < -0.3 is 14.6 Å². The Morgan fingerprint density at radius 3 is 2.96 bits per heavy atom. The largest absolute Gasteiger partial charge is 0.365 e. The lowest BCUT2D eigenvalue weighted by atomic mass is 9.88. The van der Waals surface area contributed by atoms with E-state index in [1.165, 1.54) is 12.8 Å². The molecule has 1 aromatic rings. The summed E-state index contributed by atoms with van der Waals surface area (Å²) >= 11 is 0. The third kappa shape index (κ3) is 4.69. The van der Waals surface area contributed by atoms with Crippen LogP contribution in [-0.4, -0.2) is 47.8 Å². The van der Waals surface area contributed by atoms with Gasteiger partial charge in [0.15, 0.2) is 5.82 Å². The number of halogens is 1. The molecule has 1 aromatic heterocycles. The Balaban J connectivity index is 0.00000208. The van der Waals surface area contributed by atoms with Gasteiger partial charge in [-0.2, -0.15) is 4.98 Å². The molecule has 4 atom stereocenters. The Labute approximate surface area is 151 Å². The maximum Gasteiger partial charge on any atom is 0.255 e. The Bertz CT molecular complexity index is 499. The number of hydrogen-bond acceptors (Lipinski definition) is 6. The van der Waals surface area contributed by atoms with E-state index in [1.807, 2.05) is 0 Å². The van der Waals surface area contributed by atoms with Crippen LogP contribution in [0.25, 0.3) is 0 Å². The molecule has 2 heterocycles. The van der Waals surface area contributed by atoms with E-state index in [4.69, 9.17) is 9.26 Å². The highest BCUT2D eigenvalue weighted by Crippen LogP contribution is 2.31. The summed E-state index contributed by atoms with van der Waals surface area (Å²) in [5.41, 5.74) is 0. The van der Waals surface area contributed by atoms with Crippen LogP contribution >= 0.6 is 12.4 Å². The molecule has 0 aromatic carbocycles. The molecule has 0 amide bonds. The lowest BCUT2D eigenvalue weighted by Crippen LogP contribution is -2.44. The number of hydrogen-bond donors (Lipinski definition) is 1. The van der Waals surface area contributed by atoms with Gasteiger partial charge in [-0.3, -0.25) is 4.90 Å². The second kappa shape index (κ2) is 9.13. The summed E-state index contributed by atoms with van der Waals surface area (Å²) in [6.07, 6.45) is 6.00. The normalized spacial score (nSPS) is 29.9. The summed E-state index contributed by atoms with van der Waals surface area (Å²) in [4.78, 5) is 6.93. The molecule has 6 nitrogen and oxygen atoms in total. The van der Waals surface area contributed by atoms with Crippen molar-refractivity contribution >= 4 is 12.4 Å². The van der Waals surface area contributed by atoms with Gasteiger partial charge in [0.2, 0.25) is 0 Å². The first-order valence-corrected chi connectivity index (χ1v) is 9.07. The van der Waals surface area contributed by atoms with Crippen LogP contribution in [0.2, 0.25) is 0 Å². The SMILES string of the molecule is CCC(OC1CCCC(C)C1)c1nc(C2CNCCN2C)no1.Cl. The van der Waals surface area contributed by atoms with Crippen molar-refractivity contribution in [1.82, 2.24) is 20.4 Å². The highest BCUT2D eigenvalue weighted by Gasteiger charge is 2.29. The number of piperazine rings is 1. The fourth-order valence-electron chi connectivity index (χ4n) is 3.67. The minimum atomic E-state index is -0.0756. The molecule has 1 aliphatic heterocycles. The van der Waals surface area contributed by atoms with Gasteiger partial charge in [0.05, 0.1) is 12.1 Å². The minimum absolute atomic E-state index is 0. The quantitative estimate of drug-likeness (QED) is 0.872. The second-order valence-electron chi connectivity index (χ2n) is 7.12. The predicted molar refractivity (Wildman–Crippen MR) is 95.3 cm³/mol. The Hall–Kier alpha value is -0.690. The van der Waals surface area contributed by atoms with E-state index in [2.05, 4.69) is 41.3 Å². The highest BCUT2D eigenvalue weighted by atomic mass is 35.5. The molecule has 0 radical (unpaired) electrons. The van der Waals surface area contributed by atoms with E-state index in [1.54, 1.807) is 0 Å². The number of aromatic nitrogens is 2. The molecule has 0 spiro atoms. The van der Waals surface area contributed by atoms with Crippen LogP contribution in [-0.2, 0) is 4.74 Å². The third-order valence-electron chi connectivity index (χ3n) is 5.16. The molecule has 1 aliphatic carbocycles. The molecule has 138 valence electrons. The summed E-state index contributed by atoms with van der Waals surface area (Å²) in [5.74, 6) is 2.17. The van der Waals surface area contributed by atoms with Crippen molar-refractivity contribution in [3.8, 4) is 0 Å². The summed E-state index contributed by atoms with van der Waals surface area (Å²) < 4.78 is 11.8. The van der Waals surface area contributed by atoms with Crippen LogP contribution in [0.5, 0.6) is 0 Å². The van der Waals surface area contributed by atoms with E-state index in [9.17, 15) is 0 Å². The zero-order chi connectivity index (χ0) is 16.2. The smallest absolute Gasteiger partial charge is 0.255 e. The molecule has 0 bridgehead atoms. The van der Waals surface area contributed by atoms with Gasteiger partial charge in [-0.05, 0) is 32.2 Å². The molecule has 2 aliphatic rings. The van der Waals surface area contributed by atoms with Crippen LogP contribution in [0.1, 0.15) is 69.8 Å². The lowest BCUT2D eigenvalue weighted by Gasteiger charge is -2.30. The molecule has 3 rings (SSSR count). The van der Waals surface area contributed by atoms with Gasteiger partial charge in [0, 0.05) is 19.6 Å². The number of nitrogens with one attached hydrogen (secondary N) is 1. The summed E-state index contributed by atoms with van der Waals surface area (Å²) in [7, 11) is 2.11. The van der Waals surface area contributed by atoms with Crippen molar-refractivity contribution in [2.45, 2.75) is 64.2 Å². The van der Waals surface area contributed by atoms with Gasteiger partial charge in [-0.15, -0.1) is 12.4 Å². The number of ether oxygens (including phenoxy) is 1. The van der Waals surface area contributed by atoms with Crippen LogP contribution < -0.4 is 5.32 Å². The van der Waals surface area contributed by atoms with E-state index in [0.29, 0.717) is 12.0 Å². The van der Waals surface area contributed by atoms with Crippen molar-refractivity contribution in [1.29, 1.82) is 0 Å². The van der Waals surface area contributed by atoms with Gasteiger partial charge in [0.1, 0.15) is 6.10 Å². The summed E-state index contributed by atoms with van der Waals surface area (Å²) in [5, 5.41) is 7.61. The molecule has 4 unspecified atom stereocenters. The van der Waals surface area contributed by atoms with Crippen LogP contribution in [0.15, 0.2) is 4.52 Å². The third-order valence-corrected chi connectivity index (χ3v) is 5.16. The van der Waals surface area contributed by atoms with Crippen molar-refractivity contribution in [3.63, 3.8) is 0 Å². The summed E-state index contributed by atoms with van der Waals surface area (Å²) in [6.45, 7) is 7.32.